The van der Waals surface area contributed by atoms with Gasteiger partial charge in [-0.15, -0.1) is 0 Å². The molecule has 4 aromatic rings. The average Bonchev–Trinajstić information content (AvgIpc) is 3.50. The summed E-state index contributed by atoms with van der Waals surface area (Å²) in [5, 5.41) is 7.66. The summed E-state index contributed by atoms with van der Waals surface area (Å²) in [5.74, 6) is 1.24. The van der Waals surface area contributed by atoms with Crippen LogP contribution in [0.25, 0.3) is 11.2 Å². The minimum atomic E-state index is -0.268. The third-order valence-electron chi connectivity index (χ3n) is 9.62. The fourth-order valence-electron chi connectivity index (χ4n) is 7.40. The number of rotatable bonds is 2. The van der Waals surface area contributed by atoms with Gasteiger partial charge in [0.1, 0.15) is 11.6 Å². The maximum Gasteiger partial charge on any atom is 0.227 e. The second-order valence-corrected chi connectivity index (χ2v) is 11.8. The Balaban J connectivity index is 1.06. The Labute approximate surface area is 231 Å². The molecule has 0 saturated carbocycles. The summed E-state index contributed by atoms with van der Waals surface area (Å²) in [6.45, 7) is 4.90. The van der Waals surface area contributed by atoms with Crippen molar-refractivity contribution < 1.29 is 9.18 Å². The lowest BCUT2D eigenvalue weighted by Crippen LogP contribution is -2.45. The fourth-order valence-corrected chi connectivity index (χ4v) is 7.40. The highest BCUT2D eigenvalue weighted by Crippen LogP contribution is 2.51. The predicted molar refractivity (Wildman–Crippen MR) is 151 cm³/mol. The molecule has 3 N–H and O–H groups in total. The molecule has 3 aliphatic heterocycles. The standard InChI is InChI=1S/C30H31FN8O/c1-17-2-3-18-15-30(27(32)20(18)14-17)8-10-37(11-9-30)23-16-33-25-28(34-23)35-36-29(25)38-12-13-39-24(40)7-4-19-21(31)5-6-22(38)26(19)39/h2-3,5-6,14,16,27H,4,7-13,15,32H2,1H3,(H,34,35,36)/t27-/m1/s1. The number of H-pyrrole nitrogens is 1. The van der Waals surface area contributed by atoms with Crippen LogP contribution in [0.3, 0.4) is 0 Å². The van der Waals surface area contributed by atoms with Crippen molar-refractivity contribution in [2.24, 2.45) is 11.1 Å². The lowest BCUT2D eigenvalue weighted by Gasteiger charge is -2.42. The van der Waals surface area contributed by atoms with Crippen LogP contribution in [0.4, 0.5) is 27.4 Å². The van der Waals surface area contributed by atoms with Gasteiger partial charge in [0.05, 0.1) is 17.6 Å². The van der Waals surface area contributed by atoms with Gasteiger partial charge in [-0.2, -0.15) is 5.10 Å². The number of aromatic nitrogens is 4. The minimum Gasteiger partial charge on any atom is -0.355 e. The highest BCUT2D eigenvalue weighted by molar-refractivity contribution is 6.03. The predicted octanol–water partition coefficient (Wildman–Crippen LogP) is 4.07. The number of carbonyl (C=O) groups excluding carboxylic acids is 1. The van der Waals surface area contributed by atoms with E-state index in [1.165, 1.54) is 22.8 Å². The number of fused-ring (bicyclic) bond motifs is 2. The molecule has 1 spiro atoms. The van der Waals surface area contributed by atoms with Crippen molar-refractivity contribution in [2.45, 2.75) is 45.1 Å². The molecule has 1 atom stereocenters. The molecular weight excluding hydrogens is 507 g/mol. The fraction of sp³-hybridized carbons (Fsp3) is 0.400. The summed E-state index contributed by atoms with van der Waals surface area (Å²) in [4.78, 5) is 28.3. The molecule has 1 fully saturated rings. The van der Waals surface area contributed by atoms with Crippen molar-refractivity contribution in [1.82, 2.24) is 20.2 Å². The number of hydrogen-bond donors (Lipinski definition) is 2. The number of aryl methyl sites for hydroxylation is 1. The van der Waals surface area contributed by atoms with Crippen molar-refractivity contribution in [3.05, 3.63) is 64.6 Å². The first-order chi connectivity index (χ1) is 19.4. The van der Waals surface area contributed by atoms with Gasteiger partial charge in [-0.3, -0.25) is 9.89 Å². The molecule has 1 amide bonds. The van der Waals surface area contributed by atoms with Gasteiger partial charge in [-0.1, -0.05) is 23.8 Å². The summed E-state index contributed by atoms with van der Waals surface area (Å²) >= 11 is 0. The van der Waals surface area contributed by atoms with Crippen LogP contribution in [0.5, 0.6) is 0 Å². The number of nitrogens with two attached hydrogens (primary N) is 1. The summed E-state index contributed by atoms with van der Waals surface area (Å²) in [5.41, 5.74) is 14.2. The molecule has 40 heavy (non-hydrogen) atoms. The SMILES string of the molecule is Cc1ccc2c(c1)[C@@H](N)C1(CCN(c3cnc4c(N5CCN6C(=O)CCc7c(F)ccc5c76)n[nH]c4n3)CC1)C2. The monoisotopic (exact) mass is 538 g/mol. The van der Waals surface area contributed by atoms with E-state index in [0.717, 1.165) is 43.9 Å². The third-order valence-corrected chi connectivity index (χ3v) is 9.62. The zero-order valence-electron chi connectivity index (χ0n) is 22.5. The van der Waals surface area contributed by atoms with Crippen LogP contribution < -0.4 is 20.4 Å². The van der Waals surface area contributed by atoms with Crippen LogP contribution in [0.2, 0.25) is 0 Å². The van der Waals surface area contributed by atoms with Crippen LogP contribution in [0.15, 0.2) is 36.5 Å². The quantitative estimate of drug-likeness (QED) is 0.396. The molecule has 0 unspecified atom stereocenters. The van der Waals surface area contributed by atoms with Crippen molar-refractivity contribution in [2.75, 3.05) is 40.9 Å². The zero-order valence-corrected chi connectivity index (χ0v) is 22.5. The third kappa shape index (κ3) is 3.35. The Bertz CT molecular complexity index is 1690. The van der Waals surface area contributed by atoms with E-state index in [0.29, 0.717) is 54.2 Å². The summed E-state index contributed by atoms with van der Waals surface area (Å²) in [6.07, 6.45) is 5.63. The number of piperidine rings is 1. The zero-order chi connectivity index (χ0) is 27.2. The van der Waals surface area contributed by atoms with Crippen LogP contribution in [-0.2, 0) is 17.6 Å². The van der Waals surface area contributed by atoms with Gasteiger partial charge >= 0.3 is 0 Å². The Kier molecular flexibility index (Phi) is 5.04. The average molecular weight is 539 g/mol. The van der Waals surface area contributed by atoms with Gasteiger partial charge in [-0.05, 0) is 61.3 Å². The molecule has 4 aliphatic rings. The van der Waals surface area contributed by atoms with Crippen LogP contribution >= 0.6 is 0 Å². The minimum absolute atomic E-state index is 0.0381. The van der Waals surface area contributed by atoms with Crippen LogP contribution in [-0.4, -0.2) is 52.3 Å². The summed E-state index contributed by atoms with van der Waals surface area (Å²) in [6, 6.07) is 9.99. The van der Waals surface area contributed by atoms with Crippen molar-refractivity contribution in [3.8, 4) is 0 Å². The van der Waals surface area contributed by atoms with Gasteiger partial charge in [-0.25, -0.2) is 14.4 Å². The van der Waals surface area contributed by atoms with E-state index in [1.807, 2.05) is 11.1 Å². The number of halogens is 1. The maximum absolute atomic E-state index is 14.6. The topological polar surface area (TPSA) is 107 Å². The van der Waals surface area contributed by atoms with E-state index < -0.39 is 0 Å². The molecule has 0 radical (unpaired) electrons. The van der Waals surface area contributed by atoms with Crippen molar-refractivity contribution in [1.29, 1.82) is 0 Å². The molecule has 5 heterocycles. The molecule has 10 heteroatoms. The second kappa shape index (κ2) is 8.47. The van der Waals surface area contributed by atoms with Crippen molar-refractivity contribution >= 4 is 40.1 Å². The van der Waals surface area contributed by atoms with E-state index >= 15 is 0 Å². The second-order valence-electron chi connectivity index (χ2n) is 11.8. The van der Waals surface area contributed by atoms with Crippen molar-refractivity contribution in [3.63, 3.8) is 0 Å². The first-order valence-corrected chi connectivity index (χ1v) is 14.1. The molecule has 8 rings (SSSR count). The molecule has 204 valence electrons. The lowest BCUT2D eigenvalue weighted by molar-refractivity contribution is -0.118. The number of amides is 1. The van der Waals surface area contributed by atoms with E-state index in [-0.39, 0.29) is 23.2 Å². The summed E-state index contributed by atoms with van der Waals surface area (Å²) < 4.78 is 14.6. The van der Waals surface area contributed by atoms with E-state index in [2.05, 4.69) is 40.2 Å². The van der Waals surface area contributed by atoms with Gasteiger partial charge in [0.15, 0.2) is 17.0 Å². The van der Waals surface area contributed by atoms with E-state index in [4.69, 9.17) is 15.7 Å². The van der Waals surface area contributed by atoms with Gasteiger partial charge < -0.3 is 20.4 Å². The smallest absolute Gasteiger partial charge is 0.227 e. The van der Waals surface area contributed by atoms with E-state index in [1.54, 1.807) is 11.0 Å². The van der Waals surface area contributed by atoms with E-state index in [9.17, 15) is 9.18 Å². The number of hydrogen-bond acceptors (Lipinski definition) is 7. The first-order valence-electron chi connectivity index (χ1n) is 14.1. The Hall–Kier alpha value is -4.05. The molecule has 1 saturated heterocycles. The molecule has 1 aliphatic carbocycles. The number of anilines is 4. The number of nitrogens with zero attached hydrogens (tertiary/aromatic N) is 6. The molecule has 2 aromatic carbocycles. The normalized spacial score (nSPS) is 21.3. The Morgan fingerprint density at radius 2 is 1.90 bits per heavy atom. The number of carbonyl (C=O) groups is 1. The highest BCUT2D eigenvalue weighted by atomic mass is 19.1. The molecule has 9 nitrogen and oxygen atoms in total. The molecule has 2 aromatic heterocycles. The maximum atomic E-state index is 14.6. The van der Waals surface area contributed by atoms with Crippen LogP contribution in [0, 0.1) is 18.2 Å². The molecule has 0 bridgehead atoms. The number of benzene rings is 2. The van der Waals surface area contributed by atoms with Gasteiger partial charge in [0.2, 0.25) is 5.91 Å². The number of aromatic amines is 1. The van der Waals surface area contributed by atoms with Crippen LogP contribution in [0.1, 0.15) is 47.6 Å². The largest absolute Gasteiger partial charge is 0.355 e. The van der Waals surface area contributed by atoms with Gasteiger partial charge in [0, 0.05) is 44.2 Å². The highest BCUT2D eigenvalue weighted by Gasteiger charge is 2.46. The first kappa shape index (κ1) is 23.8. The summed E-state index contributed by atoms with van der Waals surface area (Å²) in [7, 11) is 0. The number of nitrogens with one attached hydrogen (secondary N) is 1. The molecular formula is C30H31FN8O. The Morgan fingerprint density at radius 3 is 2.75 bits per heavy atom. The Morgan fingerprint density at radius 1 is 1.07 bits per heavy atom. The van der Waals surface area contributed by atoms with Gasteiger partial charge in [0.25, 0.3) is 0 Å². The lowest BCUT2D eigenvalue weighted by atomic mass is 9.73.